The molecule has 0 saturated heterocycles. The second-order valence-corrected chi connectivity index (χ2v) is 19.6. The van der Waals surface area contributed by atoms with Crippen LogP contribution in [0.15, 0.2) is 97.1 Å². The van der Waals surface area contributed by atoms with Crippen LogP contribution in [0.5, 0.6) is 11.5 Å². The number of nitrogens with one attached hydrogen (secondary N) is 4. The van der Waals surface area contributed by atoms with Crippen LogP contribution >= 0.6 is 0 Å². The van der Waals surface area contributed by atoms with E-state index >= 15 is 0 Å². The number of pyridine rings is 1. The maximum absolute atomic E-state index is 14.7. The molecule has 4 amide bonds. The minimum Gasteiger partial charge on any atom is -0.497 e. The number of sulfonamides is 1. The standard InChI is InChI=1S/C49H59N5O8S/c1-30(2)40-27-49(40,48(58)54-63(59,60)29-33-17-11-7-12-18-33)53-46(56)39-24-36(23-38(39)45(55)52-44(31(3)4)47(57)50-28-32-15-9-6-10-16-32)62-43-26-41(34-19-13-8-14-20-34)51-42-25-35(61-5)21-22-37(42)43/h7-8,11-14,17-22,25-26,31-32,36,38-40,44H,1,6,9-10,15-16,23-24,27-29H2,2-5H3,(H,50,57)(H,52,55)(H,53,56)(H,54,58)/t36-,38+,39+,40?,44-,49+/m0/s1. The Bertz CT molecular complexity index is 2440. The first-order valence-corrected chi connectivity index (χ1v) is 23.7. The van der Waals surface area contributed by atoms with Crippen molar-refractivity contribution in [3.8, 4) is 22.8 Å². The van der Waals surface area contributed by atoms with Gasteiger partial charge in [-0.1, -0.05) is 106 Å². The lowest BCUT2D eigenvalue weighted by molar-refractivity contribution is -0.137. The van der Waals surface area contributed by atoms with Crippen LogP contribution in [-0.4, -0.2) is 68.4 Å². The van der Waals surface area contributed by atoms with Gasteiger partial charge in [0.2, 0.25) is 27.7 Å². The highest BCUT2D eigenvalue weighted by atomic mass is 32.2. The summed E-state index contributed by atoms with van der Waals surface area (Å²) in [5.41, 5.74) is 1.63. The third kappa shape index (κ3) is 10.7. The number of nitrogens with zero attached hydrogens (tertiary/aromatic N) is 1. The Morgan fingerprint density at radius 1 is 0.889 bits per heavy atom. The number of hydrogen-bond acceptors (Lipinski definition) is 9. The molecule has 1 aromatic heterocycles. The third-order valence-corrected chi connectivity index (χ3v) is 14.0. The molecule has 0 aliphatic heterocycles. The SMILES string of the molecule is C=C(C)C1C[C@]1(NC(=O)[C@@H]1C[C@@H](Oc2cc(-c3ccccc3)nc3cc(OC)ccc23)C[C@H]1C(=O)N[C@H](C(=O)NCC1CCCCC1)C(C)C)C(=O)NS(=O)(=O)Cc1ccccc1. The van der Waals surface area contributed by atoms with Crippen molar-refractivity contribution in [1.29, 1.82) is 0 Å². The normalized spacial score (nSPS) is 22.7. The molecule has 0 radical (unpaired) electrons. The van der Waals surface area contributed by atoms with Crippen LogP contribution in [0.1, 0.15) is 77.7 Å². The van der Waals surface area contributed by atoms with E-state index in [0.29, 0.717) is 51.7 Å². The summed E-state index contributed by atoms with van der Waals surface area (Å²) < 4.78 is 41.0. The Morgan fingerprint density at radius 2 is 1.56 bits per heavy atom. The van der Waals surface area contributed by atoms with E-state index in [1.165, 1.54) is 6.42 Å². The molecule has 3 aliphatic carbocycles. The molecule has 4 aromatic rings. The van der Waals surface area contributed by atoms with Crippen LogP contribution in [0.25, 0.3) is 22.2 Å². The van der Waals surface area contributed by atoms with Gasteiger partial charge in [0.1, 0.15) is 29.2 Å². The summed E-state index contributed by atoms with van der Waals surface area (Å²) in [6.07, 6.45) is 5.26. The Kier molecular flexibility index (Phi) is 13.9. The van der Waals surface area contributed by atoms with Gasteiger partial charge >= 0.3 is 0 Å². The molecular formula is C49H59N5O8S. The van der Waals surface area contributed by atoms with Crippen LogP contribution in [0.3, 0.4) is 0 Å². The smallest absolute Gasteiger partial charge is 0.259 e. The van der Waals surface area contributed by atoms with E-state index in [9.17, 15) is 27.6 Å². The largest absolute Gasteiger partial charge is 0.497 e. The zero-order valence-corrected chi connectivity index (χ0v) is 37.3. The van der Waals surface area contributed by atoms with Crippen molar-refractivity contribution in [2.45, 2.75) is 95.6 Å². The van der Waals surface area contributed by atoms with Gasteiger partial charge in [-0.2, -0.15) is 0 Å². The molecule has 3 saturated carbocycles. The Labute approximate surface area is 370 Å². The predicted octanol–water partition coefficient (Wildman–Crippen LogP) is 6.62. The number of rotatable bonds is 17. The average molecular weight is 878 g/mol. The van der Waals surface area contributed by atoms with Crippen LogP contribution < -0.4 is 30.1 Å². The van der Waals surface area contributed by atoms with Gasteiger partial charge in [-0.3, -0.25) is 23.9 Å². The van der Waals surface area contributed by atoms with Gasteiger partial charge in [0.05, 0.1) is 35.9 Å². The van der Waals surface area contributed by atoms with Crippen molar-refractivity contribution < 1.29 is 37.1 Å². The molecule has 3 aliphatic rings. The van der Waals surface area contributed by atoms with E-state index in [2.05, 4.69) is 27.3 Å². The zero-order valence-electron chi connectivity index (χ0n) is 36.5. The summed E-state index contributed by atoms with van der Waals surface area (Å²) in [6.45, 7) is 10.0. The molecular weight excluding hydrogens is 819 g/mol. The van der Waals surface area contributed by atoms with Gasteiger partial charge in [-0.05, 0) is 68.6 Å². The van der Waals surface area contributed by atoms with E-state index in [1.54, 1.807) is 44.4 Å². The molecule has 3 aromatic carbocycles. The number of amides is 4. The van der Waals surface area contributed by atoms with Gasteiger partial charge in [-0.15, -0.1) is 0 Å². The third-order valence-electron chi connectivity index (χ3n) is 12.8. The number of carbonyl (C=O) groups excluding carboxylic acids is 4. The minimum atomic E-state index is -4.15. The summed E-state index contributed by atoms with van der Waals surface area (Å²) in [4.78, 5) is 61.8. The highest BCUT2D eigenvalue weighted by molar-refractivity contribution is 7.89. The quantitative estimate of drug-likeness (QED) is 0.0848. The molecule has 3 fully saturated rings. The molecule has 0 spiro atoms. The van der Waals surface area contributed by atoms with E-state index < -0.39 is 68.9 Å². The van der Waals surface area contributed by atoms with Crippen LogP contribution in [0.4, 0.5) is 0 Å². The first-order valence-electron chi connectivity index (χ1n) is 22.0. The van der Waals surface area contributed by atoms with Crippen molar-refractivity contribution in [3.63, 3.8) is 0 Å². The molecule has 13 nitrogen and oxygen atoms in total. The summed E-state index contributed by atoms with van der Waals surface area (Å²) >= 11 is 0. The van der Waals surface area contributed by atoms with Gasteiger partial charge in [0, 0.05) is 35.5 Å². The second kappa shape index (κ2) is 19.3. The predicted molar refractivity (Wildman–Crippen MR) is 242 cm³/mol. The molecule has 0 bridgehead atoms. The molecule has 6 atom stereocenters. The van der Waals surface area contributed by atoms with Crippen LogP contribution in [-0.2, 0) is 35.0 Å². The van der Waals surface area contributed by atoms with Gasteiger partial charge in [-0.25, -0.2) is 13.4 Å². The van der Waals surface area contributed by atoms with E-state index in [1.807, 2.05) is 68.4 Å². The summed E-state index contributed by atoms with van der Waals surface area (Å²) in [6, 6.07) is 24.6. The maximum atomic E-state index is 14.7. The number of ether oxygens (including phenoxy) is 2. The number of hydrogen-bond donors (Lipinski definition) is 4. The number of carbonyl (C=O) groups is 4. The lowest BCUT2D eigenvalue weighted by atomic mass is 9.89. The number of methoxy groups -OCH3 is 1. The Morgan fingerprint density at radius 3 is 2.19 bits per heavy atom. The Balaban J connectivity index is 1.17. The van der Waals surface area contributed by atoms with Crippen molar-refractivity contribution in [2.24, 2.45) is 29.6 Å². The number of aromatic nitrogens is 1. The summed E-state index contributed by atoms with van der Waals surface area (Å²) in [5, 5.41) is 9.68. The lowest BCUT2D eigenvalue weighted by Gasteiger charge is -2.28. The fraction of sp³-hybridized carbons (Fsp3) is 0.449. The van der Waals surface area contributed by atoms with E-state index in [0.717, 1.165) is 31.2 Å². The second-order valence-electron chi connectivity index (χ2n) is 17.9. The van der Waals surface area contributed by atoms with Crippen molar-refractivity contribution >= 4 is 44.6 Å². The maximum Gasteiger partial charge on any atom is 0.259 e. The Hall–Kier alpha value is -5.76. The molecule has 4 N–H and O–H groups in total. The van der Waals surface area contributed by atoms with Crippen molar-refractivity contribution in [2.75, 3.05) is 13.7 Å². The van der Waals surface area contributed by atoms with Gasteiger partial charge < -0.3 is 25.4 Å². The summed E-state index contributed by atoms with van der Waals surface area (Å²) in [5.74, 6) is -3.93. The minimum absolute atomic E-state index is 0.0898. The average Bonchev–Trinajstić information content (AvgIpc) is 3.86. The fourth-order valence-electron chi connectivity index (χ4n) is 9.22. The van der Waals surface area contributed by atoms with E-state index in [-0.39, 0.29) is 31.1 Å². The van der Waals surface area contributed by atoms with E-state index in [4.69, 9.17) is 14.5 Å². The number of benzene rings is 3. The molecule has 334 valence electrons. The zero-order chi connectivity index (χ0) is 44.9. The topological polar surface area (TPSA) is 182 Å². The summed E-state index contributed by atoms with van der Waals surface area (Å²) in [7, 11) is -2.57. The molecule has 7 rings (SSSR count). The molecule has 1 unspecified atom stereocenters. The monoisotopic (exact) mass is 877 g/mol. The first kappa shape index (κ1) is 45.3. The fourth-order valence-corrected chi connectivity index (χ4v) is 10.4. The van der Waals surface area contributed by atoms with Crippen molar-refractivity contribution in [1.82, 2.24) is 25.7 Å². The first-order chi connectivity index (χ1) is 30.2. The van der Waals surface area contributed by atoms with Crippen LogP contribution in [0, 0.1) is 29.6 Å². The van der Waals surface area contributed by atoms with Gasteiger partial charge in [0.15, 0.2) is 0 Å². The lowest BCUT2D eigenvalue weighted by Crippen LogP contribution is -2.55. The van der Waals surface area contributed by atoms with Gasteiger partial charge in [0.25, 0.3) is 5.91 Å². The highest BCUT2D eigenvalue weighted by Crippen LogP contribution is 2.49. The molecule has 63 heavy (non-hydrogen) atoms. The van der Waals surface area contributed by atoms with Crippen molar-refractivity contribution in [3.05, 3.63) is 103 Å². The molecule has 14 heteroatoms. The highest BCUT2D eigenvalue weighted by Gasteiger charge is 2.63. The number of fused-ring (bicyclic) bond motifs is 1. The van der Waals surface area contributed by atoms with Crippen LogP contribution in [0.2, 0.25) is 0 Å². The molecule has 1 heterocycles.